The van der Waals surface area contributed by atoms with Gasteiger partial charge in [0.15, 0.2) is 16.1 Å². The number of amides is 2. The molecule has 9 nitrogen and oxygen atoms in total. The quantitative estimate of drug-likeness (QED) is 0.133. The number of nitrogens with zero attached hydrogens (tertiary/aromatic N) is 1. The number of hydroxylamine groups is 1. The smallest absolute Gasteiger partial charge is 0.439 e. The summed E-state index contributed by atoms with van der Waals surface area (Å²) in [5, 5.41) is 1.53. The predicted octanol–water partition coefficient (Wildman–Crippen LogP) is 8.98. The Kier molecular flexibility index (Phi) is 11.9. The molecule has 2 N–H and O–H groups in total. The van der Waals surface area contributed by atoms with Crippen molar-refractivity contribution in [3.63, 3.8) is 0 Å². The summed E-state index contributed by atoms with van der Waals surface area (Å²) < 4.78 is 33.4. The number of hydrogen-bond acceptors (Lipinski definition) is 8. The third kappa shape index (κ3) is 8.92. The third-order valence-corrected chi connectivity index (χ3v) is 13.0. The van der Waals surface area contributed by atoms with Gasteiger partial charge in [-0.2, -0.15) is 5.06 Å². The van der Waals surface area contributed by atoms with E-state index in [0.717, 1.165) is 60.8 Å². The molecule has 2 atom stereocenters. The Morgan fingerprint density at radius 1 is 0.927 bits per heavy atom. The van der Waals surface area contributed by atoms with Gasteiger partial charge in [0.1, 0.15) is 6.61 Å². The Hall–Kier alpha value is -5.07. The van der Waals surface area contributed by atoms with Crippen molar-refractivity contribution in [2.45, 2.75) is 62.9 Å². The molecule has 1 saturated heterocycles. The molecule has 0 bridgehead atoms. The maximum absolute atomic E-state index is 13.0. The number of nitrogens with two attached hydrogens (primary N) is 1. The second kappa shape index (κ2) is 17.2. The number of aryl methyl sites for hydroxylation is 1. The summed E-state index contributed by atoms with van der Waals surface area (Å²) in [4.78, 5) is 31.8. The highest BCUT2D eigenvalue weighted by Crippen LogP contribution is 2.42. The van der Waals surface area contributed by atoms with Crippen LogP contribution in [0.15, 0.2) is 109 Å². The van der Waals surface area contributed by atoms with E-state index in [2.05, 4.69) is 67.3 Å². The van der Waals surface area contributed by atoms with E-state index in [4.69, 9.17) is 20.0 Å². The molecule has 55 heavy (non-hydrogen) atoms. The van der Waals surface area contributed by atoms with E-state index in [1.165, 1.54) is 61.0 Å². The van der Waals surface area contributed by atoms with Gasteiger partial charge < -0.3 is 15.2 Å². The molecular weight excluding hydrogens is 733 g/mol. The number of anilines is 1. The number of rotatable bonds is 9. The monoisotopic (exact) mass is 776 g/mol. The second-order valence-electron chi connectivity index (χ2n) is 13.8. The van der Waals surface area contributed by atoms with E-state index in [9.17, 15) is 18.0 Å². The highest BCUT2D eigenvalue weighted by Gasteiger charge is 2.27. The zero-order valence-corrected chi connectivity index (χ0v) is 32.2. The molecule has 0 spiro atoms. The zero-order chi connectivity index (χ0) is 38.4. The van der Waals surface area contributed by atoms with Crippen LogP contribution in [0, 0.1) is 0 Å². The molecule has 3 aromatic carbocycles. The summed E-state index contributed by atoms with van der Waals surface area (Å²) in [6.45, 7) is 4.37. The van der Waals surface area contributed by atoms with Crippen LogP contribution in [0.3, 0.4) is 0 Å². The fraction of sp³-hybridized carbons (Fsp3) is 0.273. The van der Waals surface area contributed by atoms with Gasteiger partial charge in [-0.1, -0.05) is 85.5 Å². The summed E-state index contributed by atoms with van der Waals surface area (Å²) >= 11 is 1.78. The van der Waals surface area contributed by atoms with Crippen LogP contribution in [0.25, 0.3) is 33.2 Å². The number of benzene rings is 3. The maximum Gasteiger partial charge on any atom is 0.439 e. The number of sulfone groups is 1. The Bertz CT molecular complexity index is 2280. The van der Waals surface area contributed by atoms with Crippen molar-refractivity contribution >= 4 is 50.5 Å². The van der Waals surface area contributed by atoms with Gasteiger partial charge in [-0.15, -0.1) is 11.3 Å². The number of carbonyl (C=O) groups excluding carboxylic acids is 2. The molecule has 1 aromatic heterocycles. The second-order valence-corrected chi connectivity index (χ2v) is 16.9. The summed E-state index contributed by atoms with van der Waals surface area (Å²) in [5.74, 6) is -0.608. The van der Waals surface area contributed by atoms with Crippen molar-refractivity contribution in [3.8, 4) is 21.6 Å². The van der Waals surface area contributed by atoms with Crippen molar-refractivity contribution in [2.75, 3.05) is 18.3 Å². The van der Waals surface area contributed by atoms with E-state index in [-0.39, 0.29) is 13.0 Å². The summed E-state index contributed by atoms with van der Waals surface area (Å²) in [7, 11) is -3.29. The molecule has 4 aromatic rings. The van der Waals surface area contributed by atoms with Crippen molar-refractivity contribution in [1.29, 1.82) is 0 Å². The summed E-state index contributed by atoms with van der Waals surface area (Å²) in [5.41, 5.74) is 16.6. The minimum atomic E-state index is -3.29. The van der Waals surface area contributed by atoms with Crippen LogP contribution < -0.4 is 10.8 Å². The van der Waals surface area contributed by atoms with Gasteiger partial charge in [0.25, 0.3) is 0 Å². The number of carbonyl (C=O) groups is 2. The highest BCUT2D eigenvalue weighted by molar-refractivity contribution is 7.95. The molecule has 8 rings (SSSR count). The average Bonchev–Trinajstić information content (AvgIpc) is 3.71. The van der Waals surface area contributed by atoms with Crippen LogP contribution in [0.2, 0.25) is 0 Å². The summed E-state index contributed by atoms with van der Waals surface area (Å²) in [6, 6.07) is 25.7. The van der Waals surface area contributed by atoms with Crippen molar-refractivity contribution in [1.82, 2.24) is 0 Å². The van der Waals surface area contributed by atoms with Gasteiger partial charge >= 0.3 is 6.09 Å². The molecule has 2 aliphatic carbocycles. The fourth-order valence-electron chi connectivity index (χ4n) is 7.35. The number of ether oxygens (including phenoxy) is 2. The molecule has 3 heterocycles. The lowest BCUT2D eigenvalue weighted by Gasteiger charge is -2.28. The van der Waals surface area contributed by atoms with E-state index >= 15 is 0 Å². The molecule has 4 aliphatic rings. The number of primary amides is 1. The van der Waals surface area contributed by atoms with Crippen LogP contribution in [0.5, 0.6) is 0 Å². The standard InChI is InChI=1S/C37H35NO4S.C7H9NO3S/c1-2-21-41-37(39)38(42-36-12-5-6-22-40-36)29-10-7-9-27(24-29)34-19-20-35(43-34)28-15-16-31-26(23-28)14-18-32-30-11-4-3-8-25(30)13-17-33(31)32;8-7(9)5-6-3-1-2-4-12(6,10)11/h2-4,7-11,14,18-20,23-24,36H,1,5-6,12-13,15-17,21-22H2;1-4,6H,5H2,(H2,8,9). The van der Waals surface area contributed by atoms with Gasteiger partial charge in [-0.3, -0.25) is 4.79 Å². The first kappa shape index (κ1) is 38.2. The number of hydrogen-bond donors (Lipinski definition) is 1. The minimum Gasteiger partial charge on any atom is -0.443 e. The number of thiophene rings is 1. The average molecular weight is 777 g/mol. The Morgan fingerprint density at radius 2 is 1.76 bits per heavy atom. The van der Waals surface area contributed by atoms with Crippen molar-refractivity contribution in [3.05, 3.63) is 136 Å². The minimum absolute atomic E-state index is 0.104. The van der Waals surface area contributed by atoms with E-state index in [1.807, 2.05) is 18.2 Å². The lowest BCUT2D eigenvalue weighted by molar-refractivity contribution is -0.166. The van der Waals surface area contributed by atoms with Crippen LogP contribution in [-0.2, 0) is 48.2 Å². The molecule has 284 valence electrons. The van der Waals surface area contributed by atoms with Crippen LogP contribution >= 0.6 is 11.3 Å². The lowest BCUT2D eigenvalue weighted by atomic mass is 9.78. The van der Waals surface area contributed by atoms with Crippen molar-refractivity contribution < 1.29 is 32.3 Å². The molecule has 2 unspecified atom stereocenters. The first-order valence-corrected chi connectivity index (χ1v) is 21.0. The molecule has 2 amide bonds. The molecule has 0 radical (unpaired) electrons. The van der Waals surface area contributed by atoms with E-state index in [0.29, 0.717) is 12.3 Å². The van der Waals surface area contributed by atoms with Gasteiger partial charge in [0, 0.05) is 34.6 Å². The van der Waals surface area contributed by atoms with Gasteiger partial charge in [0.05, 0.1) is 10.9 Å². The fourth-order valence-corrected chi connectivity index (χ4v) is 9.61. The Labute approximate surface area is 326 Å². The Balaban J connectivity index is 0.000000333. The van der Waals surface area contributed by atoms with Crippen molar-refractivity contribution in [2.24, 2.45) is 5.73 Å². The third-order valence-electron chi connectivity index (χ3n) is 10.1. The Morgan fingerprint density at radius 3 is 2.56 bits per heavy atom. The van der Waals surface area contributed by atoms with E-state index in [1.54, 1.807) is 23.5 Å². The molecule has 1 fully saturated rings. The first-order valence-electron chi connectivity index (χ1n) is 18.6. The number of allylic oxidation sites excluding steroid dienone is 3. The SMILES string of the molecule is C=CCOC(=O)N(OC1CCCCO1)c1cccc(-c2ccc(C3=Cc4ccc5c(c4CC3)CCc3ccccc3-5)s2)c1.NC(=O)CC1C=CC=CS1(=O)=O. The number of fused-ring (bicyclic) bond motifs is 5. The largest absolute Gasteiger partial charge is 0.443 e. The predicted molar refractivity (Wildman–Crippen MR) is 219 cm³/mol. The lowest BCUT2D eigenvalue weighted by Crippen LogP contribution is -2.38. The topological polar surface area (TPSA) is 125 Å². The molecule has 11 heteroatoms. The zero-order valence-electron chi connectivity index (χ0n) is 30.5. The van der Waals surface area contributed by atoms with Gasteiger partial charge in [-0.25, -0.2) is 18.0 Å². The first-order chi connectivity index (χ1) is 26.7. The van der Waals surface area contributed by atoms with Gasteiger partial charge in [-0.05, 0) is 107 Å². The van der Waals surface area contributed by atoms with Crippen LogP contribution in [0.4, 0.5) is 10.5 Å². The maximum atomic E-state index is 13.0. The van der Waals surface area contributed by atoms with Crippen LogP contribution in [0.1, 0.15) is 59.2 Å². The molecule has 2 aliphatic heterocycles. The highest BCUT2D eigenvalue weighted by atomic mass is 32.2. The van der Waals surface area contributed by atoms with E-state index < -0.39 is 33.4 Å². The molecule has 0 saturated carbocycles. The normalized spacial score (nSPS) is 19.0. The summed E-state index contributed by atoms with van der Waals surface area (Å²) in [6.07, 6.45) is 14.2. The van der Waals surface area contributed by atoms with Gasteiger partial charge in [0.2, 0.25) is 5.91 Å². The van der Waals surface area contributed by atoms with Crippen LogP contribution in [-0.4, -0.2) is 45.2 Å². The molecular formula is C44H44N2O7S2.